The number of rotatable bonds is 4. The molecule has 0 aromatic carbocycles. The summed E-state index contributed by atoms with van der Waals surface area (Å²) in [7, 11) is 0. The van der Waals surface area contributed by atoms with Crippen LogP contribution in [0, 0.1) is 0 Å². The number of carbonyl (C=O) groups excluding carboxylic acids is 1. The number of amides is 1. The van der Waals surface area contributed by atoms with Gasteiger partial charge < -0.3 is 5.32 Å². The van der Waals surface area contributed by atoms with Gasteiger partial charge in [0.25, 0.3) is 0 Å². The second-order valence-corrected chi connectivity index (χ2v) is 6.07. The van der Waals surface area contributed by atoms with Gasteiger partial charge in [0.1, 0.15) is 5.51 Å². The molecule has 2 aromatic heterocycles. The van der Waals surface area contributed by atoms with E-state index in [2.05, 4.69) is 20.5 Å². The Kier molecular flexibility index (Phi) is 4.51. The summed E-state index contributed by atoms with van der Waals surface area (Å²) in [4.78, 5) is 15.8. The van der Waals surface area contributed by atoms with Crippen LogP contribution in [0.1, 0.15) is 6.92 Å². The molecule has 2 rings (SSSR count). The largest absolute Gasteiger partial charge is 0.322 e. The third kappa shape index (κ3) is 3.41. The second-order valence-electron chi connectivity index (χ2n) is 3.30. The number of nitrogens with zero attached hydrogens (tertiary/aromatic N) is 3. The molecule has 2 aromatic rings. The maximum absolute atomic E-state index is 11.9. The van der Waals surface area contributed by atoms with E-state index in [9.17, 15) is 4.79 Å². The number of nitrogens with one attached hydrogen (secondary N) is 1. The molecule has 0 saturated carbocycles. The molecule has 1 N–H and O–H groups in total. The summed E-state index contributed by atoms with van der Waals surface area (Å²) in [5, 5.41) is 10.3. The first-order valence-corrected chi connectivity index (χ1v) is 7.15. The maximum atomic E-state index is 11.9. The van der Waals surface area contributed by atoms with Crippen LogP contribution in [-0.2, 0) is 4.79 Å². The Bertz CT molecular complexity index is 534. The molecule has 8 heteroatoms. The third-order valence-electron chi connectivity index (χ3n) is 2.00. The average molecular weight is 301 g/mol. The van der Waals surface area contributed by atoms with E-state index in [-0.39, 0.29) is 16.3 Å². The van der Waals surface area contributed by atoms with Crippen LogP contribution in [0.5, 0.6) is 0 Å². The van der Waals surface area contributed by atoms with Crippen molar-refractivity contribution in [3.8, 4) is 0 Å². The predicted molar refractivity (Wildman–Crippen MR) is 73.1 cm³/mol. The molecule has 0 saturated heterocycles. The number of pyridine rings is 1. The fraction of sp³-hybridized carbons (Fsp3) is 0.200. The topological polar surface area (TPSA) is 67.8 Å². The molecule has 0 spiro atoms. The molecule has 18 heavy (non-hydrogen) atoms. The molecule has 0 aliphatic rings. The van der Waals surface area contributed by atoms with Gasteiger partial charge in [-0.3, -0.25) is 4.79 Å². The predicted octanol–water partition coefficient (Wildman–Crippen LogP) is 2.71. The standard InChI is InChI=1S/C10H9ClN4OS2/c1-6(18-10-15-13-5-17-10)9(16)14-7-3-2-4-12-8(7)11/h2-6H,1H3,(H,14,16). The lowest BCUT2D eigenvalue weighted by molar-refractivity contribution is -0.115. The number of aromatic nitrogens is 3. The fourth-order valence-corrected chi connectivity index (χ4v) is 2.93. The van der Waals surface area contributed by atoms with Crippen molar-refractivity contribution in [1.82, 2.24) is 15.2 Å². The molecular weight excluding hydrogens is 292 g/mol. The highest BCUT2D eigenvalue weighted by Gasteiger charge is 2.17. The van der Waals surface area contributed by atoms with Crippen LogP contribution < -0.4 is 5.32 Å². The number of hydrogen-bond donors (Lipinski definition) is 1. The van der Waals surface area contributed by atoms with Crippen molar-refractivity contribution in [3.05, 3.63) is 29.0 Å². The van der Waals surface area contributed by atoms with E-state index in [1.807, 2.05) is 0 Å². The van der Waals surface area contributed by atoms with Gasteiger partial charge in [-0.2, -0.15) is 0 Å². The van der Waals surface area contributed by atoms with Gasteiger partial charge in [-0.25, -0.2) is 4.98 Å². The van der Waals surface area contributed by atoms with Gasteiger partial charge in [-0.15, -0.1) is 10.2 Å². The lowest BCUT2D eigenvalue weighted by atomic mass is 10.4. The first-order chi connectivity index (χ1) is 8.66. The molecule has 0 fully saturated rings. The minimum atomic E-state index is -0.283. The quantitative estimate of drug-likeness (QED) is 0.694. The van der Waals surface area contributed by atoms with Crippen molar-refractivity contribution in [2.24, 2.45) is 0 Å². The SMILES string of the molecule is CC(Sc1nncs1)C(=O)Nc1cccnc1Cl. The first-order valence-electron chi connectivity index (χ1n) is 5.01. The highest BCUT2D eigenvalue weighted by atomic mass is 35.5. The average Bonchev–Trinajstić information content (AvgIpc) is 2.84. The van der Waals surface area contributed by atoms with Crippen molar-refractivity contribution >= 4 is 46.3 Å². The Morgan fingerprint density at radius 2 is 2.44 bits per heavy atom. The van der Waals surface area contributed by atoms with Crippen LogP contribution in [0.15, 0.2) is 28.2 Å². The molecule has 0 bridgehead atoms. The van der Waals surface area contributed by atoms with Gasteiger partial charge in [0.05, 0.1) is 10.9 Å². The number of hydrogen-bond acceptors (Lipinski definition) is 6. The van der Waals surface area contributed by atoms with Crippen molar-refractivity contribution in [1.29, 1.82) is 0 Å². The number of thioether (sulfide) groups is 1. The summed E-state index contributed by atoms with van der Waals surface area (Å²) >= 11 is 8.62. The van der Waals surface area contributed by atoms with Crippen molar-refractivity contribution in [3.63, 3.8) is 0 Å². The summed E-state index contributed by atoms with van der Waals surface area (Å²) < 4.78 is 0.759. The van der Waals surface area contributed by atoms with Crippen molar-refractivity contribution in [2.75, 3.05) is 5.32 Å². The zero-order valence-electron chi connectivity index (χ0n) is 9.33. The second kappa shape index (κ2) is 6.12. The van der Waals surface area contributed by atoms with Gasteiger partial charge >= 0.3 is 0 Å². The molecule has 1 unspecified atom stereocenters. The molecule has 5 nitrogen and oxygen atoms in total. The molecule has 94 valence electrons. The number of halogens is 1. The van der Waals surface area contributed by atoms with Gasteiger partial charge in [0, 0.05) is 6.20 Å². The van der Waals surface area contributed by atoms with E-state index in [0.29, 0.717) is 5.69 Å². The summed E-state index contributed by atoms with van der Waals surface area (Å²) in [5.41, 5.74) is 2.14. The normalized spacial score (nSPS) is 12.1. The van der Waals surface area contributed by atoms with Crippen molar-refractivity contribution in [2.45, 2.75) is 16.5 Å². The zero-order chi connectivity index (χ0) is 13.0. The van der Waals surface area contributed by atoms with Crippen LogP contribution in [0.25, 0.3) is 0 Å². The fourth-order valence-electron chi connectivity index (χ4n) is 1.13. The van der Waals surface area contributed by atoms with E-state index in [0.717, 1.165) is 4.34 Å². The van der Waals surface area contributed by atoms with Crippen LogP contribution in [0.3, 0.4) is 0 Å². The van der Waals surface area contributed by atoms with Gasteiger partial charge in [-0.05, 0) is 19.1 Å². The Morgan fingerprint density at radius 1 is 1.61 bits per heavy atom. The van der Waals surface area contributed by atoms with Crippen LogP contribution in [-0.4, -0.2) is 26.3 Å². The van der Waals surface area contributed by atoms with E-state index in [1.54, 1.807) is 30.8 Å². The van der Waals surface area contributed by atoms with Gasteiger partial charge in [0.2, 0.25) is 5.91 Å². The van der Waals surface area contributed by atoms with E-state index in [1.165, 1.54) is 23.1 Å². The summed E-state index contributed by atoms with van der Waals surface area (Å²) in [6.07, 6.45) is 1.57. The number of anilines is 1. The monoisotopic (exact) mass is 300 g/mol. The lowest BCUT2D eigenvalue weighted by Crippen LogP contribution is -2.22. The first kappa shape index (κ1) is 13.3. The third-order valence-corrected chi connectivity index (χ3v) is 4.22. The van der Waals surface area contributed by atoms with Crippen LogP contribution in [0.4, 0.5) is 5.69 Å². The summed E-state index contributed by atoms with van der Waals surface area (Å²) in [6.45, 7) is 1.80. The molecule has 1 atom stereocenters. The highest BCUT2D eigenvalue weighted by Crippen LogP contribution is 2.26. The molecule has 0 aliphatic heterocycles. The summed E-state index contributed by atoms with van der Waals surface area (Å²) in [5.74, 6) is -0.148. The van der Waals surface area contributed by atoms with Crippen LogP contribution >= 0.6 is 34.7 Å². The molecule has 0 radical (unpaired) electrons. The molecule has 0 aliphatic carbocycles. The Balaban J connectivity index is 1.98. The highest BCUT2D eigenvalue weighted by molar-refractivity contribution is 8.02. The van der Waals surface area contributed by atoms with E-state index < -0.39 is 0 Å². The maximum Gasteiger partial charge on any atom is 0.237 e. The Hall–Kier alpha value is -1.18. The lowest BCUT2D eigenvalue weighted by Gasteiger charge is -2.10. The Morgan fingerprint density at radius 3 is 3.11 bits per heavy atom. The minimum Gasteiger partial charge on any atom is -0.322 e. The van der Waals surface area contributed by atoms with Crippen molar-refractivity contribution < 1.29 is 4.79 Å². The number of carbonyl (C=O) groups is 1. The van der Waals surface area contributed by atoms with E-state index >= 15 is 0 Å². The minimum absolute atomic E-state index is 0.148. The van der Waals surface area contributed by atoms with Crippen LogP contribution in [0.2, 0.25) is 5.15 Å². The summed E-state index contributed by atoms with van der Waals surface area (Å²) in [6, 6.07) is 3.42. The Labute approximate surface area is 117 Å². The molecular formula is C10H9ClN4OS2. The molecule has 2 heterocycles. The van der Waals surface area contributed by atoms with Gasteiger partial charge in [-0.1, -0.05) is 34.7 Å². The zero-order valence-corrected chi connectivity index (χ0v) is 11.7. The smallest absolute Gasteiger partial charge is 0.237 e. The van der Waals surface area contributed by atoms with E-state index in [4.69, 9.17) is 11.6 Å². The molecule has 1 amide bonds. The van der Waals surface area contributed by atoms with Gasteiger partial charge in [0.15, 0.2) is 9.49 Å².